The fourth-order valence-corrected chi connectivity index (χ4v) is 4.31. The van der Waals surface area contributed by atoms with Crippen LogP contribution in [0.2, 0.25) is 0 Å². The van der Waals surface area contributed by atoms with Crippen LogP contribution in [-0.2, 0) is 24.1 Å². The van der Waals surface area contributed by atoms with Crippen molar-refractivity contribution in [2.75, 3.05) is 0 Å². The monoisotopic (exact) mass is 322 g/mol. The summed E-state index contributed by atoms with van der Waals surface area (Å²) in [4.78, 5) is 16.0. The van der Waals surface area contributed by atoms with Crippen LogP contribution in [0.5, 0.6) is 0 Å². The van der Waals surface area contributed by atoms with Gasteiger partial charge in [0.1, 0.15) is 0 Å². The summed E-state index contributed by atoms with van der Waals surface area (Å²) in [5.41, 5.74) is 5.47. The molecule has 1 aromatic heterocycles. The maximum Gasteiger partial charge on any atom is 0.220 e. The molecule has 0 saturated heterocycles. The number of para-hydroxylation sites is 1. The first-order valence-electron chi connectivity index (χ1n) is 9.32. The van der Waals surface area contributed by atoms with Crippen molar-refractivity contribution in [2.45, 2.75) is 57.9 Å². The van der Waals surface area contributed by atoms with Crippen molar-refractivity contribution in [2.24, 2.45) is 5.92 Å². The summed E-state index contributed by atoms with van der Waals surface area (Å²) in [6.07, 6.45) is 11.4. The first-order valence-corrected chi connectivity index (χ1v) is 9.32. The largest absolute Gasteiger partial charge is 0.358 e. The predicted octanol–water partition coefficient (Wildman–Crippen LogP) is 4.06. The molecule has 0 radical (unpaired) electrons. The minimum atomic E-state index is 0.217. The van der Waals surface area contributed by atoms with E-state index in [1.807, 2.05) is 0 Å². The summed E-state index contributed by atoms with van der Waals surface area (Å²) in [5, 5.41) is 4.63. The number of H-pyrrole nitrogens is 1. The number of amides is 1. The molecule has 2 unspecified atom stereocenters. The highest BCUT2D eigenvalue weighted by Crippen LogP contribution is 2.31. The van der Waals surface area contributed by atoms with E-state index in [-0.39, 0.29) is 11.9 Å². The van der Waals surface area contributed by atoms with Crippen molar-refractivity contribution in [3.8, 4) is 0 Å². The zero-order valence-electron chi connectivity index (χ0n) is 14.4. The molecule has 24 heavy (non-hydrogen) atoms. The van der Waals surface area contributed by atoms with E-state index < -0.39 is 0 Å². The van der Waals surface area contributed by atoms with E-state index in [9.17, 15) is 4.79 Å². The van der Waals surface area contributed by atoms with Gasteiger partial charge in [-0.1, -0.05) is 37.3 Å². The molecule has 2 aromatic rings. The fourth-order valence-electron chi connectivity index (χ4n) is 4.31. The van der Waals surface area contributed by atoms with Crippen LogP contribution in [0.3, 0.4) is 0 Å². The van der Waals surface area contributed by atoms with Crippen LogP contribution in [0.4, 0.5) is 0 Å². The maximum atomic E-state index is 12.3. The highest BCUT2D eigenvalue weighted by Gasteiger charge is 2.25. The summed E-state index contributed by atoms with van der Waals surface area (Å²) >= 11 is 0. The minimum absolute atomic E-state index is 0.217. The Morgan fingerprint density at radius 3 is 3.04 bits per heavy atom. The molecule has 4 rings (SSSR count). The minimum Gasteiger partial charge on any atom is -0.358 e. The van der Waals surface area contributed by atoms with Gasteiger partial charge in [-0.25, -0.2) is 0 Å². The van der Waals surface area contributed by atoms with Gasteiger partial charge in [-0.2, -0.15) is 0 Å². The second-order valence-corrected chi connectivity index (χ2v) is 7.25. The van der Waals surface area contributed by atoms with E-state index >= 15 is 0 Å². The SMILES string of the molecule is CCc1cccc2c3c([nH]c12)CCC(NC(=O)CC1C=CCC1)C3. The lowest BCUT2D eigenvalue weighted by atomic mass is 9.90. The van der Waals surface area contributed by atoms with Crippen LogP contribution in [0.25, 0.3) is 10.9 Å². The van der Waals surface area contributed by atoms with Gasteiger partial charge in [-0.15, -0.1) is 0 Å². The molecule has 126 valence electrons. The van der Waals surface area contributed by atoms with E-state index in [0.29, 0.717) is 12.3 Å². The van der Waals surface area contributed by atoms with Gasteiger partial charge >= 0.3 is 0 Å². The van der Waals surface area contributed by atoms with Crippen molar-refractivity contribution < 1.29 is 4.79 Å². The lowest BCUT2D eigenvalue weighted by Gasteiger charge is -2.24. The van der Waals surface area contributed by atoms with Crippen molar-refractivity contribution in [3.05, 3.63) is 47.2 Å². The number of fused-ring (bicyclic) bond motifs is 3. The second-order valence-electron chi connectivity index (χ2n) is 7.25. The summed E-state index contributed by atoms with van der Waals surface area (Å²) in [6, 6.07) is 6.86. The fraction of sp³-hybridized carbons (Fsp3) is 0.476. The molecule has 2 atom stereocenters. The number of hydrogen-bond donors (Lipinski definition) is 2. The second kappa shape index (κ2) is 6.46. The number of carbonyl (C=O) groups is 1. The normalized spacial score (nSPS) is 22.7. The van der Waals surface area contributed by atoms with Crippen molar-refractivity contribution in [1.29, 1.82) is 0 Å². The molecular weight excluding hydrogens is 296 g/mol. The molecule has 1 aromatic carbocycles. The summed E-state index contributed by atoms with van der Waals surface area (Å²) in [6.45, 7) is 2.20. The average molecular weight is 322 g/mol. The van der Waals surface area contributed by atoms with Gasteiger partial charge in [-0.05, 0) is 55.6 Å². The van der Waals surface area contributed by atoms with Gasteiger partial charge in [0.2, 0.25) is 5.91 Å². The Kier molecular flexibility index (Phi) is 4.17. The van der Waals surface area contributed by atoms with Gasteiger partial charge in [0, 0.05) is 29.1 Å². The molecule has 2 aliphatic rings. The first kappa shape index (κ1) is 15.5. The van der Waals surface area contributed by atoms with Crippen LogP contribution in [0.1, 0.15) is 49.4 Å². The molecule has 0 spiro atoms. The molecule has 0 bridgehead atoms. The molecule has 1 heterocycles. The van der Waals surface area contributed by atoms with Gasteiger partial charge in [0.25, 0.3) is 0 Å². The summed E-state index contributed by atoms with van der Waals surface area (Å²) in [7, 11) is 0. The zero-order valence-corrected chi connectivity index (χ0v) is 14.4. The van der Waals surface area contributed by atoms with Crippen molar-refractivity contribution in [3.63, 3.8) is 0 Å². The quantitative estimate of drug-likeness (QED) is 0.819. The number of allylic oxidation sites excluding steroid dienone is 2. The van der Waals surface area contributed by atoms with Gasteiger partial charge in [-0.3, -0.25) is 4.79 Å². The Morgan fingerprint density at radius 1 is 1.33 bits per heavy atom. The summed E-state index contributed by atoms with van der Waals surface area (Å²) in [5.74, 6) is 0.665. The number of hydrogen-bond acceptors (Lipinski definition) is 1. The molecule has 0 aliphatic heterocycles. The molecule has 1 amide bonds. The molecule has 3 nitrogen and oxygen atoms in total. The van der Waals surface area contributed by atoms with E-state index in [1.165, 1.54) is 27.7 Å². The third-order valence-electron chi connectivity index (χ3n) is 5.62. The number of aromatic nitrogens is 1. The Hall–Kier alpha value is -2.03. The van der Waals surface area contributed by atoms with Crippen LogP contribution < -0.4 is 5.32 Å². The van der Waals surface area contributed by atoms with Crippen LogP contribution >= 0.6 is 0 Å². The average Bonchev–Trinajstić information content (AvgIpc) is 3.21. The van der Waals surface area contributed by atoms with E-state index in [4.69, 9.17) is 0 Å². The van der Waals surface area contributed by atoms with E-state index in [2.05, 4.69) is 47.6 Å². The van der Waals surface area contributed by atoms with Gasteiger partial charge < -0.3 is 10.3 Å². The Balaban J connectivity index is 1.49. The number of nitrogens with one attached hydrogen (secondary N) is 2. The Labute approximate surface area is 143 Å². The standard InChI is InChI=1S/C21H26N2O/c1-2-15-8-5-9-17-18-13-16(10-11-19(18)23-21(15)17)22-20(24)12-14-6-3-4-7-14/h3,5-6,8-9,14,16,23H,2,4,7,10-13H2,1H3,(H,22,24). The van der Waals surface area contributed by atoms with E-state index in [0.717, 1.165) is 38.5 Å². The molecule has 2 aliphatic carbocycles. The van der Waals surface area contributed by atoms with Crippen LogP contribution in [0, 0.1) is 5.92 Å². The van der Waals surface area contributed by atoms with Crippen molar-refractivity contribution in [1.82, 2.24) is 10.3 Å². The summed E-state index contributed by atoms with van der Waals surface area (Å²) < 4.78 is 0. The smallest absolute Gasteiger partial charge is 0.220 e. The van der Waals surface area contributed by atoms with E-state index in [1.54, 1.807) is 0 Å². The topological polar surface area (TPSA) is 44.9 Å². The third-order valence-corrected chi connectivity index (χ3v) is 5.62. The number of benzene rings is 1. The predicted molar refractivity (Wildman–Crippen MR) is 98.1 cm³/mol. The number of carbonyl (C=O) groups excluding carboxylic acids is 1. The first-order chi connectivity index (χ1) is 11.7. The Morgan fingerprint density at radius 2 is 2.25 bits per heavy atom. The highest BCUT2D eigenvalue weighted by atomic mass is 16.1. The molecule has 0 fully saturated rings. The van der Waals surface area contributed by atoms with Gasteiger partial charge in [0.15, 0.2) is 0 Å². The zero-order chi connectivity index (χ0) is 16.5. The lowest BCUT2D eigenvalue weighted by molar-refractivity contribution is -0.122. The number of aryl methyl sites for hydroxylation is 2. The number of rotatable bonds is 4. The molecular formula is C21H26N2O. The molecule has 2 N–H and O–H groups in total. The number of aromatic amines is 1. The van der Waals surface area contributed by atoms with Crippen molar-refractivity contribution >= 4 is 16.8 Å². The lowest BCUT2D eigenvalue weighted by Crippen LogP contribution is -2.39. The molecule has 0 saturated carbocycles. The third kappa shape index (κ3) is 2.88. The maximum absolute atomic E-state index is 12.3. The Bertz CT molecular complexity index is 786. The van der Waals surface area contributed by atoms with Crippen LogP contribution in [-0.4, -0.2) is 16.9 Å². The van der Waals surface area contributed by atoms with Gasteiger partial charge in [0.05, 0.1) is 0 Å². The highest BCUT2D eigenvalue weighted by molar-refractivity contribution is 5.88. The molecule has 3 heteroatoms. The van der Waals surface area contributed by atoms with Crippen LogP contribution in [0.15, 0.2) is 30.4 Å².